The molecule has 0 unspecified atom stereocenters. The van der Waals surface area contributed by atoms with Gasteiger partial charge in [0.25, 0.3) is 5.91 Å². The molecule has 1 aromatic carbocycles. The van der Waals surface area contributed by atoms with Crippen molar-refractivity contribution >= 4 is 29.1 Å². The second-order valence-corrected chi connectivity index (χ2v) is 4.17. The molecule has 2 nitrogen and oxygen atoms in total. The van der Waals surface area contributed by atoms with Crippen molar-refractivity contribution in [1.29, 1.82) is 0 Å². The van der Waals surface area contributed by atoms with Crippen molar-refractivity contribution in [3.05, 3.63) is 35.1 Å². The van der Waals surface area contributed by atoms with E-state index in [0.717, 1.165) is 4.90 Å². The van der Waals surface area contributed by atoms with Crippen molar-refractivity contribution in [2.75, 3.05) is 24.8 Å². The van der Waals surface area contributed by atoms with Gasteiger partial charge in [-0.3, -0.25) is 4.79 Å². The van der Waals surface area contributed by atoms with Gasteiger partial charge in [0.2, 0.25) is 0 Å². The fraction of sp³-hybridized carbons (Fsp3) is 0.364. The lowest BCUT2D eigenvalue weighted by atomic mass is 10.1. The van der Waals surface area contributed by atoms with Gasteiger partial charge in [-0.25, -0.2) is 13.2 Å². The molecular weight excluding hydrogens is 290 g/mol. The molecule has 0 spiro atoms. The third-order valence-corrected chi connectivity index (χ3v) is 2.55. The summed E-state index contributed by atoms with van der Waals surface area (Å²) < 4.78 is 39.5. The Morgan fingerprint density at radius 1 is 1.06 bits per heavy atom. The molecule has 18 heavy (non-hydrogen) atoms. The quantitative estimate of drug-likeness (QED) is 0.765. The number of benzene rings is 1. The van der Waals surface area contributed by atoms with Gasteiger partial charge in [0.05, 0.1) is 0 Å². The van der Waals surface area contributed by atoms with Gasteiger partial charge in [-0.1, -0.05) is 0 Å². The Hall–Kier alpha value is -0.940. The molecule has 1 aromatic rings. The minimum absolute atomic E-state index is 0.101. The summed E-state index contributed by atoms with van der Waals surface area (Å²) in [4.78, 5) is 13.0. The van der Waals surface area contributed by atoms with E-state index in [1.54, 1.807) is 0 Å². The first-order valence-electron chi connectivity index (χ1n) is 5.07. The zero-order valence-corrected chi connectivity index (χ0v) is 10.7. The van der Waals surface area contributed by atoms with E-state index in [4.69, 9.17) is 23.2 Å². The van der Waals surface area contributed by atoms with Crippen LogP contribution in [-0.4, -0.2) is 35.7 Å². The molecule has 0 saturated carbocycles. The second kappa shape index (κ2) is 6.85. The number of hydrogen-bond donors (Lipinski definition) is 0. The highest BCUT2D eigenvalue weighted by Crippen LogP contribution is 2.17. The van der Waals surface area contributed by atoms with Crippen LogP contribution in [-0.2, 0) is 0 Å². The predicted molar refractivity (Wildman–Crippen MR) is 63.7 cm³/mol. The normalized spacial score (nSPS) is 10.5. The van der Waals surface area contributed by atoms with E-state index < -0.39 is 28.9 Å². The van der Waals surface area contributed by atoms with Crippen molar-refractivity contribution in [2.45, 2.75) is 0 Å². The zero-order valence-electron chi connectivity index (χ0n) is 9.23. The third-order valence-electron chi connectivity index (χ3n) is 2.22. The highest BCUT2D eigenvalue weighted by Gasteiger charge is 2.23. The fourth-order valence-electron chi connectivity index (χ4n) is 1.42. The first-order valence-corrected chi connectivity index (χ1v) is 6.14. The number of hydrogen-bond acceptors (Lipinski definition) is 1. The fourth-order valence-corrected chi connectivity index (χ4v) is 1.83. The molecule has 0 saturated heterocycles. The van der Waals surface area contributed by atoms with Crippen LogP contribution >= 0.6 is 23.2 Å². The summed E-state index contributed by atoms with van der Waals surface area (Å²) in [5.41, 5.74) is -0.799. The zero-order chi connectivity index (χ0) is 13.7. The van der Waals surface area contributed by atoms with E-state index in [-0.39, 0.29) is 24.8 Å². The smallest absolute Gasteiger partial charge is 0.259 e. The SMILES string of the molecule is O=C(c1c(F)cc(F)cc1F)N(CCCl)CCCl. The van der Waals surface area contributed by atoms with Crippen LogP contribution in [0.25, 0.3) is 0 Å². The Labute approximate surface area is 112 Å². The van der Waals surface area contributed by atoms with Crippen molar-refractivity contribution in [1.82, 2.24) is 4.90 Å². The molecule has 7 heteroatoms. The van der Waals surface area contributed by atoms with Crippen LogP contribution < -0.4 is 0 Å². The summed E-state index contributed by atoms with van der Waals surface area (Å²) in [5, 5.41) is 0. The molecule has 0 atom stereocenters. The topological polar surface area (TPSA) is 20.3 Å². The summed E-state index contributed by atoms with van der Waals surface area (Å²) >= 11 is 11.0. The molecule has 0 fully saturated rings. The van der Waals surface area contributed by atoms with E-state index in [2.05, 4.69) is 0 Å². The third kappa shape index (κ3) is 3.53. The van der Waals surface area contributed by atoms with Gasteiger partial charge >= 0.3 is 0 Å². The Kier molecular flexibility index (Phi) is 5.75. The molecule has 0 aliphatic heterocycles. The first-order chi connectivity index (χ1) is 8.51. The molecule has 0 radical (unpaired) electrons. The van der Waals surface area contributed by atoms with Crippen LogP contribution in [0.2, 0.25) is 0 Å². The lowest BCUT2D eigenvalue weighted by Crippen LogP contribution is -2.35. The van der Waals surface area contributed by atoms with Crippen LogP contribution in [0.4, 0.5) is 13.2 Å². The monoisotopic (exact) mass is 299 g/mol. The molecular formula is C11H10Cl2F3NO. The van der Waals surface area contributed by atoms with Crippen molar-refractivity contribution in [2.24, 2.45) is 0 Å². The number of alkyl halides is 2. The van der Waals surface area contributed by atoms with Crippen LogP contribution in [0.1, 0.15) is 10.4 Å². The van der Waals surface area contributed by atoms with Gasteiger partial charge in [0.1, 0.15) is 23.0 Å². The van der Waals surface area contributed by atoms with Crippen LogP contribution in [0.3, 0.4) is 0 Å². The highest BCUT2D eigenvalue weighted by molar-refractivity contribution is 6.18. The summed E-state index contributed by atoms with van der Waals surface area (Å²) in [6.45, 7) is 0.201. The van der Waals surface area contributed by atoms with E-state index >= 15 is 0 Å². The molecule has 0 aliphatic carbocycles. The number of nitrogens with zero attached hydrogens (tertiary/aromatic N) is 1. The average Bonchev–Trinajstić information content (AvgIpc) is 2.27. The van der Waals surface area contributed by atoms with Gasteiger partial charge in [-0.2, -0.15) is 0 Å². The number of carbonyl (C=O) groups is 1. The Morgan fingerprint density at radius 2 is 1.50 bits per heavy atom. The minimum Gasteiger partial charge on any atom is -0.336 e. The van der Waals surface area contributed by atoms with Crippen molar-refractivity contribution in [3.63, 3.8) is 0 Å². The molecule has 0 bridgehead atoms. The van der Waals surface area contributed by atoms with Gasteiger partial charge in [0.15, 0.2) is 0 Å². The van der Waals surface area contributed by atoms with Gasteiger partial charge < -0.3 is 4.90 Å². The second-order valence-electron chi connectivity index (χ2n) is 3.41. The lowest BCUT2D eigenvalue weighted by molar-refractivity contribution is 0.0765. The average molecular weight is 300 g/mol. The molecule has 0 aromatic heterocycles. The van der Waals surface area contributed by atoms with Gasteiger partial charge in [0, 0.05) is 37.0 Å². The number of carbonyl (C=O) groups excluding carboxylic acids is 1. The first kappa shape index (κ1) is 15.1. The largest absolute Gasteiger partial charge is 0.336 e. The Morgan fingerprint density at radius 3 is 1.89 bits per heavy atom. The molecule has 1 rings (SSSR count). The maximum Gasteiger partial charge on any atom is 0.259 e. The van der Waals surface area contributed by atoms with Gasteiger partial charge in [-0.05, 0) is 0 Å². The number of amides is 1. The number of halogens is 5. The molecule has 100 valence electrons. The van der Waals surface area contributed by atoms with E-state index in [9.17, 15) is 18.0 Å². The lowest BCUT2D eigenvalue weighted by Gasteiger charge is -2.21. The Bertz CT molecular complexity index is 413. The van der Waals surface area contributed by atoms with Crippen molar-refractivity contribution in [3.8, 4) is 0 Å². The predicted octanol–water partition coefficient (Wildman–Crippen LogP) is 3.02. The standard InChI is InChI=1S/C11H10Cl2F3NO/c12-1-3-17(4-2-13)11(18)10-8(15)5-7(14)6-9(10)16/h5-6H,1-4H2. The molecule has 0 aliphatic rings. The van der Waals surface area contributed by atoms with E-state index in [1.807, 2.05) is 0 Å². The van der Waals surface area contributed by atoms with Crippen molar-refractivity contribution < 1.29 is 18.0 Å². The highest BCUT2D eigenvalue weighted by atomic mass is 35.5. The minimum atomic E-state index is -1.24. The maximum atomic E-state index is 13.4. The summed E-state index contributed by atoms with van der Waals surface area (Å²) in [7, 11) is 0. The maximum absolute atomic E-state index is 13.4. The van der Waals surface area contributed by atoms with E-state index in [0.29, 0.717) is 12.1 Å². The van der Waals surface area contributed by atoms with Crippen LogP contribution in [0.5, 0.6) is 0 Å². The summed E-state index contributed by atoms with van der Waals surface area (Å²) in [6.07, 6.45) is 0. The Balaban J connectivity index is 3.08. The van der Waals surface area contributed by atoms with Crippen LogP contribution in [0.15, 0.2) is 12.1 Å². The summed E-state index contributed by atoms with van der Waals surface area (Å²) in [5.74, 6) is -4.26. The summed E-state index contributed by atoms with van der Waals surface area (Å²) in [6, 6.07) is 0.909. The van der Waals surface area contributed by atoms with E-state index in [1.165, 1.54) is 0 Å². The molecule has 1 amide bonds. The van der Waals surface area contributed by atoms with Crippen LogP contribution in [0, 0.1) is 17.5 Å². The van der Waals surface area contributed by atoms with Gasteiger partial charge in [-0.15, -0.1) is 23.2 Å². The molecule has 0 heterocycles. The molecule has 0 N–H and O–H groups in total. The number of rotatable bonds is 5.